The van der Waals surface area contributed by atoms with Crippen molar-refractivity contribution in [3.05, 3.63) is 0 Å². The van der Waals surface area contributed by atoms with E-state index < -0.39 is 27.4 Å². The lowest BCUT2D eigenvalue weighted by Crippen LogP contribution is -2.45. The lowest BCUT2D eigenvalue weighted by atomic mass is 10.2. The Bertz CT molecular complexity index is 262. The first-order chi connectivity index (χ1) is 5.93. The molecule has 1 aliphatic rings. The predicted octanol–water partition coefficient (Wildman–Crippen LogP) is -0.926. The van der Waals surface area contributed by atoms with Gasteiger partial charge in [0.15, 0.2) is 0 Å². The summed E-state index contributed by atoms with van der Waals surface area (Å²) in [5, 5.41) is 8.80. The fraction of sp³-hybridized carbons (Fsp3) is 1.00. The van der Waals surface area contributed by atoms with Crippen LogP contribution in [0.1, 0.15) is 13.8 Å². The van der Waals surface area contributed by atoms with E-state index in [2.05, 4.69) is 4.72 Å². The highest BCUT2D eigenvalue weighted by Gasteiger charge is 2.30. The van der Waals surface area contributed by atoms with Crippen molar-refractivity contribution >= 4 is 10.0 Å². The zero-order valence-corrected chi connectivity index (χ0v) is 8.54. The fourth-order valence-electron chi connectivity index (χ4n) is 1.00. The summed E-state index contributed by atoms with van der Waals surface area (Å²) in [6.07, 6.45) is -0.728. The summed E-state index contributed by atoms with van der Waals surface area (Å²) in [5.74, 6) is 0. The number of nitrogens with one attached hydrogen (secondary N) is 1. The van der Waals surface area contributed by atoms with E-state index in [9.17, 15) is 13.5 Å². The van der Waals surface area contributed by atoms with E-state index in [4.69, 9.17) is 4.74 Å². The van der Waals surface area contributed by atoms with Crippen LogP contribution in [0.4, 0.5) is 0 Å². The first-order valence-corrected chi connectivity index (χ1v) is 5.75. The second kappa shape index (κ2) is 3.91. The van der Waals surface area contributed by atoms with Crippen LogP contribution in [-0.4, -0.2) is 44.1 Å². The molecule has 0 spiro atoms. The van der Waals surface area contributed by atoms with Gasteiger partial charge in [-0.2, -0.15) is 0 Å². The Labute approximate surface area is 78.1 Å². The van der Waals surface area contributed by atoms with Crippen molar-refractivity contribution in [1.82, 2.24) is 4.72 Å². The predicted molar refractivity (Wildman–Crippen MR) is 47.8 cm³/mol. The van der Waals surface area contributed by atoms with E-state index in [-0.39, 0.29) is 13.2 Å². The Morgan fingerprint density at radius 1 is 1.46 bits per heavy atom. The quantitative estimate of drug-likeness (QED) is 0.630. The average Bonchev–Trinajstić information content (AvgIpc) is 2.35. The second-order valence-corrected chi connectivity index (χ2v) is 5.69. The van der Waals surface area contributed by atoms with Crippen molar-refractivity contribution in [2.45, 2.75) is 31.2 Å². The van der Waals surface area contributed by atoms with Crippen LogP contribution in [0.2, 0.25) is 0 Å². The lowest BCUT2D eigenvalue weighted by Gasteiger charge is -2.16. The van der Waals surface area contributed by atoms with Gasteiger partial charge in [-0.1, -0.05) is 0 Å². The molecule has 0 aromatic carbocycles. The van der Waals surface area contributed by atoms with Gasteiger partial charge < -0.3 is 9.84 Å². The topological polar surface area (TPSA) is 75.6 Å². The van der Waals surface area contributed by atoms with Crippen LogP contribution in [0, 0.1) is 0 Å². The SMILES string of the molecule is CC(C)S(=O)(=O)N[C@H]1COC[C@@H]1O. The minimum Gasteiger partial charge on any atom is -0.389 e. The Hall–Kier alpha value is -0.170. The zero-order valence-electron chi connectivity index (χ0n) is 7.73. The molecule has 0 saturated carbocycles. The Kier molecular flexibility index (Phi) is 3.28. The molecular weight excluding hydrogens is 194 g/mol. The highest BCUT2D eigenvalue weighted by atomic mass is 32.2. The molecule has 0 aromatic heterocycles. The van der Waals surface area contributed by atoms with Gasteiger partial charge in [-0.05, 0) is 13.8 Å². The Balaban J connectivity index is 2.58. The zero-order chi connectivity index (χ0) is 10.1. The maximum Gasteiger partial charge on any atom is 0.214 e. The normalized spacial score (nSPS) is 29.8. The number of sulfonamides is 1. The molecule has 6 heteroatoms. The van der Waals surface area contributed by atoms with Gasteiger partial charge in [0, 0.05) is 0 Å². The molecular formula is C7H15NO4S. The molecule has 1 rings (SSSR count). The summed E-state index contributed by atoms with van der Waals surface area (Å²) in [7, 11) is -3.30. The van der Waals surface area contributed by atoms with Gasteiger partial charge in [0.2, 0.25) is 10.0 Å². The number of aliphatic hydroxyl groups is 1. The highest BCUT2D eigenvalue weighted by Crippen LogP contribution is 2.08. The molecule has 5 nitrogen and oxygen atoms in total. The van der Waals surface area contributed by atoms with Crippen molar-refractivity contribution in [3.8, 4) is 0 Å². The van der Waals surface area contributed by atoms with Crippen molar-refractivity contribution in [3.63, 3.8) is 0 Å². The third-order valence-corrected chi connectivity index (χ3v) is 3.86. The van der Waals surface area contributed by atoms with Crippen LogP contribution in [0.5, 0.6) is 0 Å². The van der Waals surface area contributed by atoms with Gasteiger partial charge in [0.1, 0.15) is 0 Å². The molecule has 1 fully saturated rings. The first kappa shape index (κ1) is 10.9. The van der Waals surface area contributed by atoms with Gasteiger partial charge >= 0.3 is 0 Å². The van der Waals surface area contributed by atoms with Crippen molar-refractivity contribution < 1.29 is 18.3 Å². The van der Waals surface area contributed by atoms with Crippen LogP contribution in [-0.2, 0) is 14.8 Å². The number of ether oxygens (including phenoxy) is 1. The number of hydrogen-bond acceptors (Lipinski definition) is 4. The summed E-state index contributed by atoms with van der Waals surface area (Å²) in [4.78, 5) is 0. The van der Waals surface area contributed by atoms with Gasteiger partial charge in [-0.25, -0.2) is 13.1 Å². The molecule has 2 atom stereocenters. The molecule has 0 amide bonds. The molecule has 1 aliphatic heterocycles. The summed E-state index contributed by atoms with van der Waals surface area (Å²) in [5.41, 5.74) is 0. The molecule has 1 saturated heterocycles. The summed E-state index contributed by atoms with van der Waals surface area (Å²) < 4.78 is 30.0. The number of rotatable bonds is 3. The van der Waals surface area contributed by atoms with E-state index in [0.717, 1.165) is 0 Å². The second-order valence-electron chi connectivity index (χ2n) is 3.42. The monoisotopic (exact) mass is 209 g/mol. The lowest BCUT2D eigenvalue weighted by molar-refractivity contribution is 0.124. The highest BCUT2D eigenvalue weighted by molar-refractivity contribution is 7.90. The third kappa shape index (κ3) is 2.63. The number of aliphatic hydroxyl groups excluding tert-OH is 1. The van der Waals surface area contributed by atoms with Gasteiger partial charge in [-0.3, -0.25) is 0 Å². The summed E-state index contributed by atoms with van der Waals surface area (Å²) >= 11 is 0. The molecule has 0 aromatic rings. The Morgan fingerprint density at radius 3 is 2.46 bits per heavy atom. The van der Waals surface area contributed by atoms with Crippen molar-refractivity contribution in [2.24, 2.45) is 0 Å². The molecule has 0 aliphatic carbocycles. The average molecular weight is 209 g/mol. The van der Waals surface area contributed by atoms with E-state index in [1.165, 1.54) is 0 Å². The fourth-order valence-corrected chi connectivity index (χ4v) is 1.92. The largest absolute Gasteiger partial charge is 0.389 e. The summed E-state index contributed by atoms with van der Waals surface area (Å²) in [6, 6.07) is -0.493. The maximum absolute atomic E-state index is 11.4. The minimum atomic E-state index is -3.30. The molecule has 13 heavy (non-hydrogen) atoms. The van der Waals surface area contributed by atoms with Gasteiger partial charge in [-0.15, -0.1) is 0 Å². The molecule has 0 unspecified atom stereocenters. The van der Waals surface area contributed by atoms with Crippen LogP contribution < -0.4 is 4.72 Å². The van der Waals surface area contributed by atoms with Crippen molar-refractivity contribution in [1.29, 1.82) is 0 Å². The first-order valence-electron chi connectivity index (χ1n) is 4.20. The molecule has 1 heterocycles. The molecule has 78 valence electrons. The van der Waals surface area contributed by atoms with E-state index in [0.29, 0.717) is 0 Å². The molecule has 2 N–H and O–H groups in total. The molecule has 0 radical (unpaired) electrons. The number of hydrogen-bond donors (Lipinski definition) is 2. The van der Waals surface area contributed by atoms with Crippen LogP contribution in [0.3, 0.4) is 0 Å². The third-order valence-electron chi connectivity index (χ3n) is 1.99. The summed E-state index contributed by atoms with van der Waals surface area (Å²) in [6.45, 7) is 3.62. The van der Waals surface area contributed by atoms with E-state index in [1.54, 1.807) is 13.8 Å². The standard InChI is InChI=1S/C7H15NO4S/c1-5(2)13(10,11)8-6-3-12-4-7(6)9/h5-9H,3-4H2,1-2H3/t6-,7-/m0/s1. The smallest absolute Gasteiger partial charge is 0.214 e. The van der Waals surface area contributed by atoms with Gasteiger partial charge in [0.25, 0.3) is 0 Å². The minimum absolute atomic E-state index is 0.200. The van der Waals surface area contributed by atoms with Crippen LogP contribution in [0.25, 0.3) is 0 Å². The van der Waals surface area contributed by atoms with Crippen LogP contribution >= 0.6 is 0 Å². The maximum atomic E-state index is 11.4. The Morgan fingerprint density at radius 2 is 2.08 bits per heavy atom. The van der Waals surface area contributed by atoms with Crippen LogP contribution in [0.15, 0.2) is 0 Å². The van der Waals surface area contributed by atoms with E-state index in [1.807, 2.05) is 0 Å². The van der Waals surface area contributed by atoms with E-state index >= 15 is 0 Å². The van der Waals surface area contributed by atoms with Gasteiger partial charge in [0.05, 0.1) is 30.6 Å². The molecule has 0 bridgehead atoms. The van der Waals surface area contributed by atoms with Crippen molar-refractivity contribution in [2.75, 3.05) is 13.2 Å².